The van der Waals surface area contributed by atoms with Crippen LogP contribution in [0.1, 0.15) is 69.4 Å². The van der Waals surface area contributed by atoms with E-state index in [1.54, 1.807) is 0 Å². The lowest BCUT2D eigenvalue weighted by atomic mass is 9.92. The van der Waals surface area contributed by atoms with Crippen molar-refractivity contribution >= 4 is 18.0 Å². The molecule has 2 aliphatic carbocycles. The van der Waals surface area contributed by atoms with E-state index < -0.39 is 23.6 Å². The van der Waals surface area contributed by atoms with Crippen molar-refractivity contribution in [3.63, 3.8) is 0 Å². The SMILES string of the molecule is CC(C)C[C@@H](NC(=O)CC1(NC(=O)OCC2c3ccccc3-c3ccccc32)CCCC1)C(=O)O. The van der Waals surface area contributed by atoms with E-state index in [0.29, 0.717) is 19.3 Å². The summed E-state index contributed by atoms with van der Waals surface area (Å²) in [6, 6.07) is 15.4. The number of alkyl carbamates (subject to hydrolysis) is 1. The van der Waals surface area contributed by atoms with E-state index in [0.717, 1.165) is 35.1 Å². The van der Waals surface area contributed by atoms with Crippen LogP contribution in [0.5, 0.6) is 0 Å². The van der Waals surface area contributed by atoms with Crippen LogP contribution in [-0.4, -0.2) is 41.3 Å². The molecule has 0 unspecified atom stereocenters. The van der Waals surface area contributed by atoms with E-state index >= 15 is 0 Å². The van der Waals surface area contributed by atoms with E-state index in [2.05, 4.69) is 34.9 Å². The third-order valence-corrected chi connectivity index (χ3v) is 7.11. The lowest BCUT2D eigenvalue weighted by Gasteiger charge is -2.30. The summed E-state index contributed by atoms with van der Waals surface area (Å²) in [4.78, 5) is 37.2. The normalized spacial score (nSPS) is 16.9. The quantitative estimate of drug-likeness (QED) is 0.478. The van der Waals surface area contributed by atoms with Gasteiger partial charge >= 0.3 is 12.1 Å². The van der Waals surface area contributed by atoms with Crippen molar-refractivity contribution in [2.75, 3.05) is 6.61 Å². The summed E-state index contributed by atoms with van der Waals surface area (Å²) in [6.07, 6.45) is 2.96. The number of hydrogen-bond donors (Lipinski definition) is 3. The molecule has 0 spiro atoms. The van der Waals surface area contributed by atoms with Gasteiger partial charge in [-0.1, -0.05) is 75.2 Å². The highest BCUT2D eigenvalue weighted by Crippen LogP contribution is 2.44. The largest absolute Gasteiger partial charge is 0.480 e. The van der Waals surface area contributed by atoms with Crippen molar-refractivity contribution in [3.8, 4) is 11.1 Å². The topological polar surface area (TPSA) is 105 Å². The molecule has 7 nitrogen and oxygen atoms in total. The second-order valence-electron chi connectivity index (χ2n) is 10.2. The Morgan fingerprint density at radius 3 is 2.11 bits per heavy atom. The molecule has 0 aromatic heterocycles. The minimum Gasteiger partial charge on any atom is -0.480 e. The minimum atomic E-state index is -1.04. The molecule has 2 aromatic rings. The summed E-state index contributed by atoms with van der Waals surface area (Å²) >= 11 is 0. The molecule has 1 atom stereocenters. The first-order chi connectivity index (χ1) is 16.8. The van der Waals surface area contributed by atoms with E-state index in [9.17, 15) is 19.5 Å². The standard InChI is InChI=1S/C28H34N2O5/c1-18(2)15-24(26(32)33)29-25(31)16-28(13-7-8-14-28)30-27(34)35-17-23-21-11-5-3-9-19(21)20-10-4-6-12-22(20)23/h3-6,9-12,18,23-24H,7-8,13-17H2,1-2H3,(H,29,31)(H,30,34)(H,32,33)/t24-/m1/s1. The fourth-order valence-electron chi connectivity index (χ4n) is 5.49. The second kappa shape index (κ2) is 10.5. The highest BCUT2D eigenvalue weighted by atomic mass is 16.5. The zero-order valence-corrected chi connectivity index (χ0v) is 20.4. The number of fused-ring (bicyclic) bond motifs is 3. The van der Waals surface area contributed by atoms with Gasteiger partial charge in [-0.2, -0.15) is 0 Å². The van der Waals surface area contributed by atoms with Crippen molar-refractivity contribution in [1.82, 2.24) is 10.6 Å². The maximum Gasteiger partial charge on any atom is 0.407 e. The highest BCUT2D eigenvalue weighted by molar-refractivity contribution is 5.85. The molecule has 0 bridgehead atoms. The van der Waals surface area contributed by atoms with Gasteiger partial charge in [0.25, 0.3) is 0 Å². The number of benzene rings is 2. The van der Waals surface area contributed by atoms with Crippen LogP contribution in [-0.2, 0) is 14.3 Å². The second-order valence-corrected chi connectivity index (χ2v) is 10.2. The third-order valence-electron chi connectivity index (χ3n) is 7.11. The first-order valence-corrected chi connectivity index (χ1v) is 12.4. The van der Waals surface area contributed by atoms with Crippen LogP contribution in [0.15, 0.2) is 48.5 Å². The summed E-state index contributed by atoms with van der Waals surface area (Å²) in [6.45, 7) is 4.04. The lowest BCUT2D eigenvalue weighted by molar-refractivity contribution is -0.142. The average molecular weight is 479 g/mol. The van der Waals surface area contributed by atoms with Crippen LogP contribution in [0.3, 0.4) is 0 Å². The van der Waals surface area contributed by atoms with E-state index in [1.165, 1.54) is 0 Å². The Balaban J connectivity index is 1.39. The molecular weight excluding hydrogens is 444 g/mol. The Hall–Kier alpha value is -3.35. The maximum absolute atomic E-state index is 12.9. The van der Waals surface area contributed by atoms with Gasteiger partial charge in [0.15, 0.2) is 0 Å². The number of ether oxygens (including phenoxy) is 1. The van der Waals surface area contributed by atoms with E-state index in [1.807, 2.05) is 38.1 Å². The summed E-state index contributed by atoms with van der Waals surface area (Å²) in [5.74, 6) is -1.31. The summed E-state index contributed by atoms with van der Waals surface area (Å²) in [7, 11) is 0. The molecule has 35 heavy (non-hydrogen) atoms. The molecule has 2 aliphatic rings. The van der Waals surface area contributed by atoms with Gasteiger partial charge in [-0.25, -0.2) is 9.59 Å². The van der Waals surface area contributed by atoms with E-state index in [-0.39, 0.29) is 30.8 Å². The van der Waals surface area contributed by atoms with Gasteiger partial charge in [0.1, 0.15) is 12.6 Å². The Labute approximate surface area is 206 Å². The number of carboxylic acid groups (broad SMARTS) is 1. The Morgan fingerprint density at radius 1 is 1.00 bits per heavy atom. The molecule has 2 aromatic carbocycles. The zero-order valence-electron chi connectivity index (χ0n) is 20.4. The van der Waals surface area contributed by atoms with Gasteiger partial charge in [-0.3, -0.25) is 4.79 Å². The Kier molecular flexibility index (Phi) is 7.43. The Bertz CT molecular complexity index is 1040. The fraction of sp³-hybridized carbons (Fsp3) is 0.464. The summed E-state index contributed by atoms with van der Waals surface area (Å²) in [5.41, 5.74) is 3.89. The molecule has 1 fully saturated rings. The predicted molar refractivity (Wildman–Crippen MR) is 133 cm³/mol. The number of nitrogens with one attached hydrogen (secondary N) is 2. The van der Waals surface area contributed by atoms with Crippen LogP contribution in [0.25, 0.3) is 11.1 Å². The maximum atomic E-state index is 12.9. The number of aliphatic carboxylic acids is 1. The molecule has 1 saturated carbocycles. The van der Waals surface area contributed by atoms with Gasteiger partial charge < -0.3 is 20.5 Å². The molecule has 186 valence electrons. The van der Waals surface area contributed by atoms with Crippen LogP contribution in [0.4, 0.5) is 4.79 Å². The van der Waals surface area contributed by atoms with Crippen molar-refractivity contribution in [1.29, 1.82) is 0 Å². The zero-order chi connectivity index (χ0) is 25.0. The third kappa shape index (κ3) is 5.66. The van der Waals surface area contributed by atoms with Crippen LogP contribution in [0, 0.1) is 5.92 Å². The van der Waals surface area contributed by atoms with Gasteiger partial charge in [-0.05, 0) is 47.4 Å². The predicted octanol–water partition coefficient (Wildman–Crippen LogP) is 4.84. The molecule has 7 heteroatoms. The molecule has 0 saturated heterocycles. The number of carbonyl (C=O) groups is 3. The number of rotatable bonds is 9. The first-order valence-electron chi connectivity index (χ1n) is 12.4. The first kappa shape index (κ1) is 24.8. The fourth-order valence-corrected chi connectivity index (χ4v) is 5.49. The summed E-state index contributed by atoms with van der Waals surface area (Å²) in [5, 5.41) is 15.1. The van der Waals surface area contributed by atoms with Gasteiger partial charge in [0.2, 0.25) is 5.91 Å². The molecular formula is C28H34N2O5. The van der Waals surface area contributed by atoms with Crippen LogP contribution in [0.2, 0.25) is 0 Å². The lowest BCUT2D eigenvalue weighted by Crippen LogP contribution is -2.51. The van der Waals surface area contributed by atoms with Crippen molar-refractivity contribution in [2.45, 2.75) is 69.9 Å². The van der Waals surface area contributed by atoms with Gasteiger partial charge in [0, 0.05) is 12.3 Å². The summed E-state index contributed by atoms with van der Waals surface area (Å²) < 4.78 is 5.70. The Morgan fingerprint density at radius 2 is 1.57 bits per heavy atom. The molecule has 2 amide bonds. The smallest absolute Gasteiger partial charge is 0.407 e. The van der Waals surface area contributed by atoms with Gasteiger partial charge in [0.05, 0.1) is 5.54 Å². The van der Waals surface area contributed by atoms with Crippen molar-refractivity contribution in [2.24, 2.45) is 5.92 Å². The van der Waals surface area contributed by atoms with E-state index in [4.69, 9.17) is 4.74 Å². The monoisotopic (exact) mass is 478 g/mol. The minimum absolute atomic E-state index is 0.0386. The number of amides is 2. The van der Waals surface area contributed by atoms with Crippen molar-refractivity contribution < 1.29 is 24.2 Å². The molecule has 3 N–H and O–H groups in total. The molecule has 4 rings (SSSR count). The highest BCUT2D eigenvalue weighted by Gasteiger charge is 2.39. The van der Waals surface area contributed by atoms with Crippen molar-refractivity contribution in [3.05, 3.63) is 59.7 Å². The number of carbonyl (C=O) groups excluding carboxylic acids is 2. The number of hydrogen-bond acceptors (Lipinski definition) is 4. The molecule has 0 aliphatic heterocycles. The van der Waals surface area contributed by atoms with Crippen LogP contribution < -0.4 is 10.6 Å². The van der Waals surface area contributed by atoms with Gasteiger partial charge in [-0.15, -0.1) is 0 Å². The number of carboxylic acids is 1. The average Bonchev–Trinajstić information content (AvgIpc) is 3.39. The molecule has 0 heterocycles. The molecule has 0 radical (unpaired) electrons. The van der Waals surface area contributed by atoms with Crippen LogP contribution >= 0.6 is 0 Å².